The Bertz CT molecular complexity index is 463. The molecule has 1 unspecified atom stereocenters. The van der Waals surface area contributed by atoms with Gasteiger partial charge in [-0.3, -0.25) is 4.74 Å². The van der Waals surface area contributed by atoms with Crippen LogP contribution in [0.4, 0.5) is 57.1 Å². The first kappa shape index (κ1) is 22.3. The van der Waals surface area contributed by atoms with E-state index in [-0.39, 0.29) is 0 Å². The van der Waals surface area contributed by atoms with Crippen LogP contribution >= 0.6 is 22.6 Å². The zero-order valence-corrected chi connectivity index (χ0v) is 11.8. The molecule has 0 heterocycles. The van der Waals surface area contributed by atoms with Crippen LogP contribution in [0.1, 0.15) is 0 Å². The standard InChI is InChI=1S/C7F13IO2/c8-1(9)2(10)22-5(16,17)3(11,12)6(18,19)23-7(20,21)4(13,14)15. The molecular formula is C7F13IO2. The van der Waals surface area contributed by atoms with Gasteiger partial charge in [-0.15, -0.1) is 0 Å². The summed E-state index contributed by atoms with van der Waals surface area (Å²) in [4.78, 5) is 0. The van der Waals surface area contributed by atoms with Crippen molar-refractivity contribution in [2.45, 2.75) is 28.2 Å². The van der Waals surface area contributed by atoms with Crippen LogP contribution in [-0.2, 0) is 9.47 Å². The van der Waals surface area contributed by atoms with Gasteiger partial charge >= 0.3 is 40.3 Å². The number of ether oxygens (including phenoxy) is 2. The van der Waals surface area contributed by atoms with Gasteiger partial charge in [0.25, 0.3) is 0 Å². The fourth-order valence-corrected chi connectivity index (χ4v) is 0.944. The predicted octanol–water partition coefficient (Wildman–Crippen LogP) is 5.50. The first-order valence-electron chi connectivity index (χ1n) is 4.46. The molecule has 0 amide bonds. The molecule has 16 heteroatoms. The lowest BCUT2D eigenvalue weighted by molar-refractivity contribution is -0.475. The van der Waals surface area contributed by atoms with Gasteiger partial charge in [0, 0.05) is 22.6 Å². The highest BCUT2D eigenvalue weighted by atomic mass is 127. The summed E-state index contributed by atoms with van der Waals surface area (Å²) in [5.74, 6) is -7.18. The molecule has 0 spiro atoms. The molecule has 0 saturated carbocycles. The van der Waals surface area contributed by atoms with Crippen LogP contribution in [0.3, 0.4) is 0 Å². The Kier molecular flexibility index (Phi) is 6.13. The maximum Gasteiger partial charge on any atom is 0.475 e. The normalized spacial score (nSPS) is 16.8. The number of hydrogen-bond acceptors (Lipinski definition) is 2. The van der Waals surface area contributed by atoms with Crippen LogP contribution in [0, 0.1) is 0 Å². The van der Waals surface area contributed by atoms with E-state index in [2.05, 4.69) is 0 Å². The van der Waals surface area contributed by atoms with Crippen LogP contribution in [0.15, 0.2) is 12.1 Å². The molecule has 1 atom stereocenters. The van der Waals surface area contributed by atoms with Gasteiger partial charge in [0.15, 0.2) is 0 Å². The fraction of sp³-hybridized carbons (Fsp3) is 0.714. The molecule has 0 bridgehead atoms. The van der Waals surface area contributed by atoms with E-state index in [0.29, 0.717) is 0 Å². The minimum absolute atomic E-state index is 0.604. The minimum atomic E-state index is -7.18. The molecule has 0 rings (SSSR count). The number of rotatable bonds is 6. The molecule has 0 aliphatic heterocycles. The molecule has 0 fully saturated rings. The summed E-state index contributed by atoms with van der Waals surface area (Å²) in [6.07, 6.45) is -23.9. The van der Waals surface area contributed by atoms with Gasteiger partial charge in [-0.1, -0.05) is 0 Å². The highest BCUT2D eigenvalue weighted by Gasteiger charge is 2.79. The Morgan fingerprint density at radius 2 is 1.09 bits per heavy atom. The molecule has 0 aromatic rings. The summed E-state index contributed by atoms with van der Waals surface area (Å²) in [7, 11) is 0. The number of hydrogen-bond donors (Lipinski definition) is 0. The van der Waals surface area contributed by atoms with E-state index in [9.17, 15) is 57.1 Å². The first-order valence-corrected chi connectivity index (χ1v) is 5.54. The lowest BCUT2D eigenvalue weighted by Crippen LogP contribution is -2.59. The first-order chi connectivity index (χ1) is 9.78. The SMILES string of the molecule is FC(F)=C(F)OC(F)(F)C(F)(F)C(F)(F)OC(F)(I)C(F)(F)F. The zero-order valence-electron chi connectivity index (χ0n) is 9.61. The van der Waals surface area contributed by atoms with Crippen molar-refractivity contribution in [3.63, 3.8) is 0 Å². The van der Waals surface area contributed by atoms with Gasteiger partial charge in [0.1, 0.15) is 0 Å². The van der Waals surface area contributed by atoms with Gasteiger partial charge in [-0.25, -0.2) is 0 Å². The van der Waals surface area contributed by atoms with E-state index in [4.69, 9.17) is 0 Å². The summed E-state index contributed by atoms with van der Waals surface area (Å²) in [6.45, 7) is 0. The summed E-state index contributed by atoms with van der Waals surface area (Å²) in [5.41, 5.74) is 0. The second kappa shape index (κ2) is 6.32. The van der Waals surface area contributed by atoms with E-state index < -0.39 is 62.9 Å². The maximum absolute atomic E-state index is 12.8. The van der Waals surface area contributed by atoms with Crippen LogP contribution in [0.5, 0.6) is 0 Å². The minimum Gasteiger partial charge on any atom is -0.397 e. The van der Waals surface area contributed by atoms with Crippen LogP contribution < -0.4 is 0 Å². The maximum atomic E-state index is 12.8. The molecule has 2 nitrogen and oxygen atoms in total. The van der Waals surface area contributed by atoms with Crippen molar-refractivity contribution in [3.8, 4) is 0 Å². The Morgan fingerprint density at radius 3 is 1.39 bits per heavy atom. The van der Waals surface area contributed by atoms with Crippen molar-refractivity contribution in [2.24, 2.45) is 0 Å². The summed E-state index contributed by atoms with van der Waals surface area (Å²) in [5, 5.41) is 0. The summed E-state index contributed by atoms with van der Waals surface area (Å²) >= 11 is -0.604. The average molecular weight is 490 g/mol. The highest BCUT2D eigenvalue weighted by molar-refractivity contribution is 14.1. The zero-order chi connectivity index (χ0) is 19.1. The van der Waals surface area contributed by atoms with Crippen molar-refractivity contribution in [1.29, 1.82) is 0 Å². The average Bonchev–Trinajstić information content (AvgIpc) is 2.24. The lowest BCUT2D eigenvalue weighted by atomic mass is 10.3. The van der Waals surface area contributed by atoms with Gasteiger partial charge < -0.3 is 4.74 Å². The Morgan fingerprint density at radius 1 is 0.696 bits per heavy atom. The smallest absolute Gasteiger partial charge is 0.397 e. The molecule has 0 N–H and O–H groups in total. The Hall–Kier alpha value is -0.680. The summed E-state index contributed by atoms with van der Waals surface area (Å²) in [6, 6.07) is -3.72. The summed E-state index contributed by atoms with van der Waals surface area (Å²) < 4.78 is 158. The van der Waals surface area contributed by atoms with E-state index in [1.165, 1.54) is 0 Å². The van der Waals surface area contributed by atoms with Crippen molar-refractivity contribution in [2.75, 3.05) is 0 Å². The third-order valence-corrected chi connectivity index (χ3v) is 2.52. The molecule has 0 radical (unpaired) electrons. The molecule has 0 saturated heterocycles. The quantitative estimate of drug-likeness (QED) is 0.212. The molecule has 0 aliphatic carbocycles. The number of alkyl halides is 11. The van der Waals surface area contributed by atoms with Crippen molar-refractivity contribution in [3.05, 3.63) is 12.1 Å². The van der Waals surface area contributed by atoms with E-state index in [0.717, 1.165) is 0 Å². The second-order valence-electron chi connectivity index (χ2n) is 3.36. The molecule has 0 aliphatic rings. The van der Waals surface area contributed by atoms with Crippen molar-refractivity contribution >= 4 is 22.6 Å². The molecule has 23 heavy (non-hydrogen) atoms. The fourth-order valence-electron chi connectivity index (χ4n) is 0.668. The van der Waals surface area contributed by atoms with Crippen molar-refractivity contribution < 1.29 is 66.5 Å². The van der Waals surface area contributed by atoms with E-state index in [1.807, 2.05) is 9.47 Å². The third-order valence-electron chi connectivity index (χ3n) is 1.68. The van der Waals surface area contributed by atoms with Gasteiger partial charge in [-0.2, -0.15) is 57.1 Å². The third kappa shape index (κ3) is 4.66. The topological polar surface area (TPSA) is 18.5 Å². The Balaban J connectivity index is 5.66. The van der Waals surface area contributed by atoms with Crippen molar-refractivity contribution in [1.82, 2.24) is 0 Å². The van der Waals surface area contributed by atoms with E-state index in [1.54, 1.807) is 0 Å². The van der Waals surface area contributed by atoms with E-state index >= 15 is 0 Å². The van der Waals surface area contributed by atoms with Crippen LogP contribution in [0.25, 0.3) is 0 Å². The molecule has 138 valence electrons. The largest absolute Gasteiger partial charge is 0.475 e. The van der Waals surface area contributed by atoms with Gasteiger partial charge in [0.2, 0.25) is 0 Å². The second-order valence-corrected chi connectivity index (χ2v) is 4.75. The monoisotopic (exact) mass is 490 g/mol. The van der Waals surface area contributed by atoms with Gasteiger partial charge in [-0.05, 0) is 0 Å². The predicted molar refractivity (Wildman–Crippen MR) is 51.3 cm³/mol. The highest BCUT2D eigenvalue weighted by Crippen LogP contribution is 2.53. The molecule has 0 aromatic carbocycles. The lowest BCUT2D eigenvalue weighted by Gasteiger charge is -2.34. The van der Waals surface area contributed by atoms with Crippen LogP contribution in [0.2, 0.25) is 0 Å². The van der Waals surface area contributed by atoms with Crippen LogP contribution in [-0.4, -0.2) is 28.2 Å². The number of halogens is 14. The Labute approximate surface area is 130 Å². The molecule has 0 aromatic heterocycles. The van der Waals surface area contributed by atoms with Gasteiger partial charge in [0.05, 0.1) is 0 Å². The molecular weight excluding hydrogens is 490 g/mol.